The standard InChI is InChI=1S/C73H105N19O15/c74-68(103)56(23-11-13-30-78-61(93)25-8-3-12-29-79-64(96)45-89-32-34-90(46-65(97)98)36-38-92(48-67(101)102)39-37-91(35-33-89)47-66(99)100)84-63(95)44-82-69(104)59(40-52-42-81-55-22-10-9-21-54(52)55)88-70(105)57(24-15-31-80-73(75)76)86-71(106)58(28-27-51-18-6-2-7-19-51)87-72(107)60(41-53-43-77-49-83-53)85-62(94)26-14-20-50-16-4-1-5-17-50/h1-2,4-7,9-10,16-19,21-22,42-43,49,56-60,81H,3,8,11-15,20,23-41,44-48H2,(H2,74,103)(H,77,83)(H,78,93)(H,79,96)(H,82,104)(H,84,95)(H,85,94)(H,86,106)(H,87,107)(H,88,105)(H,97,98)(H,99,100)(H,101,102)(H4,75,76,80)/t56-,57-,58+,59-,60-/m0/s1. The molecule has 0 bridgehead atoms. The summed E-state index contributed by atoms with van der Waals surface area (Å²) in [4.78, 5) is 180. The van der Waals surface area contributed by atoms with E-state index in [2.05, 4.69) is 62.5 Å². The van der Waals surface area contributed by atoms with Crippen LogP contribution in [0.1, 0.15) is 99.4 Å². The number of para-hydroxylation sites is 1. The molecule has 582 valence electrons. The summed E-state index contributed by atoms with van der Waals surface area (Å²) in [5.41, 5.74) is 20.8. The minimum atomic E-state index is -1.37. The molecule has 1 aliphatic heterocycles. The Hall–Kier alpha value is -10.8. The lowest BCUT2D eigenvalue weighted by Gasteiger charge is -2.32. The van der Waals surface area contributed by atoms with Gasteiger partial charge in [-0.2, -0.15) is 0 Å². The lowest BCUT2D eigenvalue weighted by molar-refractivity contribution is -0.140. The van der Waals surface area contributed by atoms with Gasteiger partial charge in [0.2, 0.25) is 53.2 Å². The van der Waals surface area contributed by atoms with Crippen LogP contribution in [0.2, 0.25) is 0 Å². The number of aryl methyl sites for hydroxylation is 2. The first-order valence-electron chi connectivity index (χ1n) is 36.3. The molecule has 1 aliphatic rings. The molecule has 0 radical (unpaired) electrons. The number of hydrogen-bond acceptors (Lipinski definition) is 18. The summed E-state index contributed by atoms with van der Waals surface area (Å²) < 4.78 is 0. The molecule has 34 heteroatoms. The number of aromatic nitrogens is 3. The summed E-state index contributed by atoms with van der Waals surface area (Å²) in [5.74, 6) is -8.89. The predicted octanol–water partition coefficient (Wildman–Crippen LogP) is -1.15. The van der Waals surface area contributed by atoms with Crippen molar-refractivity contribution in [3.05, 3.63) is 126 Å². The van der Waals surface area contributed by atoms with Crippen LogP contribution in [0.25, 0.3) is 10.9 Å². The van der Waals surface area contributed by atoms with Crippen LogP contribution in [-0.2, 0) is 83.2 Å². The number of carboxylic acids is 3. The van der Waals surface area contributed by atoms with E-state index >= 15 is 0 Å². The number of nitrogens with one attached hydrogen (secondary N) is 10. The Morgan fingerprint density at radius 2 is 0.953 bits per heavy atom. The zero-order valence-electron chi connectivity index (χ0n) is 60.5. The number of hydrogen-bond donors (Lipinski definition) is 16. The molecular weight excluding hydrogens is 1380 g/mol. The molecule has 2 aromatic heterocycles. The topological polar surface area (TPSA) is 510 Å². The number of fused-ring (bicyclic) bond motifs is 1. The number of amides is 9. The van der Waals surface area contributed by atoms with Gasteiger partial charge in [-0.1, -0.05) is 85.3 Å². The molecule has 3 aromatic carbocycles. The van der Waals surface area contributed by atoms with Crippen LogP contribution in [0.3, 0.4) is 0 Å². The molecule has 0 aliphatic carbocycles. The number of nitrogens with two attached hydrogens (primary N) is 3. The van der Waals surface area contributed by atoms with E-state index in [-0.39, 0.29) is 154 Å². The molecule has 9 amide bonds. The van der Waals surface area contributed by atoms with Gasteiger partial charge in [0.05, 0.1) is 39.1 Å². The van der Waals surface area contributed by atoms with Crippen molar-refractivity contribution in [3.63, 3.8) is 0 Å². The molecule has 0 saturated carbocycles. The number of unbranched alkanes of at least 4 members (excludes halogenated alkanes) is 3. The molecule has 107 heavy (non-hydrogen) atoms. The number of rotatable bonds is 46. The minimum Gasteiger partial charge on any atom is -0.480 e. The van der Waals surface area contributed by atoms with Crippen molar-refractivity contribution in [2.75, 3.05) is 105 Å². The molecule has 1 saturated heterocycles. The zero-order valence-corrected chi connectivity index (χ0v) is 60.5. The molecular formula is C73H105N19O15. The van der Waals surface area contributed by atoms with E-state index in [0.717, 1.165) is 22.0 Å². The SMILES string of the molecule is NC(=O)[C@H](CCCCNC(=O)CCCCCNC(=O)CN1CCN(CC(=O)O)CCN(CC(=O)O)CCN(CC(=O)O)CC1)NC(=O)CNC(=O)[C@H](Cc1c[nH]c2ccccc12)NC(=O)[C@H](CCCN=C(N)N)NC(=O)[C@@H](CCc1ccccc1)NC(=O)[C@H](Cc1cnc[nH]1)NC(=O)CCCc1ccccc1. The molecule has 19 N–H and O–H groups in total. The fourth-order valence-electron chi connectivity index (χ4n) is 12.2. The molecule has 5 aromatic rings. The Balaban J connectivity index is 1.00. The number of benzene rings is 3. The highest BCUT2D eigenvalue weighted by molar-refractivity contribution is 5.97. The number of guanidine groups is 1. The quantitative estimate of drug-likeness (QED) is 0.0124. The van der Waals surface area contributed by atoms with Crippen molar-refractivity contribution in [2.45, 2.75) is 133 Å². The number of nitrogens with zero attached hydrogens (tertiary/aromatic N) is 6. The third-order valence-electron chi connectivity index (χ3n) is 18.0. The Morgan fingerprint density at radius 1 is 0.458 bits per heavy atom. The van der Waals surface area contributed by atoms with Gasteiger partial charge >= 0.3 is 17.9 Å². The van der Waals surface area contributed by atoms with Crippen LogP contribution in [-0.4, -0.2) is 262 Å². The summed E-state index contributed by atoms with van der Waals surface area (Å²) in [6.07, 6.45) is 9.08. The van der Waals surface area contributed by atoms with Crippen molar-refractivity contribution < 1.29 is 72.9 Å². The van der Waals surface area contributed by atoms with Gasteiger partial charge in [-0.25, -0.2) is 4.98 Å². The Kier molecular flexibility index (Phi) is 37.3. The van der Waals surface area contributed by atoms with Gasteiger partial charge in [-0.05, 0) is 93.4 Å². The number of H-pyrrole nitrogens is 2. The zero-order chi connectivity index (χ0) is 77.3. The Labute approximate surface area is 621 Å². The summed E-state index contributed by atoms with van der Waals surface area (Å²) in [6.45, 7) is 1.24. The Morgan fingerprint density at radius 3 is 1.52 bits per heavy atom. The van der Waals surface area contributed by atoms with Gasteiger partial charge in [0.25, 0.3) is 0 Å². The normalized spacial score (nSPS) is 14.7. The van der Waals surface area contributed by atoms with E-state index in [9.17, 15) is 72.9 Å². The van der Waals surface area contributed by atoms with Crippen LogP contribution in [0.4, 0.5) is 0 Å². The highest BCUT2D eigenvalue weighted by Crippen LogP contribution is 2.20. The minimum absolute atomic E-state index is 0.00716. The molecule has 5 atom stereocenters. The van der Waals surface area contributed by atoms with Gasteiger partial charge in [0.15, 0.2) is 5.96 Å². The van der Waals surface area contributed by atoms with Gasteiger partial charge in [-0.3, -0.25) is 82.1 Å². The van der Waals surface area contributed by atoms with Gasteiger partial charge in [0.1, 0.15) is 30.2 Å². The van der Waals surface area contributed by atoms with E-state index in [1.165, 1.54) is 12.5 Å². The molecule has 0 unspecified atom stereocenters. The van der Waals surface area contributed by atoms with Gasteiger partial charge in [-0.15, -0.1) is 0 Å². The highest BCUT2D eigenvalue weighted by atomic mass is 16.4. The van der Waals surface area contributed by atoms with Crippen molar-refractivity contribution >= 4 is 87.9 Å². The highest BCUT2D eigenvalue weighted by Gasteiger charge is 2.33. The predicted molar refractivity (Wildman–Crippen MR) is 397 cm³/mol. The number of carbonyl (C=O) groups is 12. The average molecular weight is 1490 g/mol. The molecule has 1 fully saturated rings. The monoisotopic (exact) mass is 1490 g/mol. The first kappa shape index (κ1) is 85.1. The lowest BCUT2D eigenvalue weighted by Crippen LogP contribution is -2.59. The first-order valence-corrected chi connectivity index (χ1v) is 36.3. The van der Waals surface area contributed by atoms with Crippen molar-refractivity contribution in [1.29, 1.82) is 0 Å². The van der Waals surface area contributed by atoms with Crippen molar-refractivity contribution in [3.8, 4) is 0 Å². The number of carbonyl (C=O) groups excluding carboxylic acids is 9. The van der Waals surface area contributed by atoms with E-state index in [1.54, 1.807) is 27.0 Å². The van der Waals surface area contributed by atoms with Crippen LogP contribution in [0, 0.1) is 0 Å². The number of aromatic amines is 2. The summed E-state index contributed by atoms with van der Waals surface area (Å²) in [7, 11) is 0. The second-order valence-electron chi connectivity index (χ2n) is 26.5. The largest absolute Gasteiger partial charge is 0.480 e. The van der Waals surface area contributed by atoms with Gasteiger partial charge in [0, 0.05) is 127 Å². The lowest BCUT2D eigenvalue weighted by atomic mass is 10.0. The summed E-state index contributed by atoms with van der Waals surface area (Å²) in [5, 5.41) is 51.4. The second kappa shape index (κ2) is 46.9. The van der Waals surface area contributed by atoms with E-state index in [1.807, 2.05) is 83.8 Å². The van der Waals surface area contributed by atoms with Gasteiger partial charge < -0.3 is 85.0 Å². The van der Waals surface area contributed by atoms with Crippen LogP contribution in [0.5, 0.6) is 0 Å². The number of aliphatic carboxylic acids is 3. The smallest absolute Gasteiger partial charge is 0.317 e. The first-order chi connectivity index (χ1) is 51.5. The maximum Gasteiger partial charge on any atom is 0.317 e. The van der Waals surface area contributed by atoms with Crippen molar-refractivity contribution in [2.24, 2.45) is 22.2 Å². The molecule has 0 spiro atoms. The number of imidazole rings is 1. The maximum atomic E-state index is 14.8. The van der Waals surface area contributed by atoms with Crippen molar-refractivity contribution in [1.82, 2.24) is 77.1 Å². The fourth-order valence-corrected chi connectivity index (χ4v) is 12.2. The third kappa shape index (κ3) is 33.9. The van der Waals surface area contributed by atoms with E-state index in [4.69, 9.17) is 17.2 Å². The maximum absolute atomic E-state index is 14.8. The Bertz CT molecular complexity index is 3660. The third-order valence-corrected chi connectivity index (χ3v) is 18.0. The number of aliphatic imine (C=N–C) groups is 1. The summed E-state index contributed by atoms with van der Waals surface area (Å²) >= 11 is 0. The number of primary amides is 1. The molecule has 34 nitrogen and oxygen atoms in total. The average Bonchev–Trinajstić information content (AvgIpc) is 1.75. The second-order valence-corrected chi connectivity index (χ2v) is 26.5. The van der Waals surface area contributed by atoms with Crippen LogP contribution >= 0.6 is 0 Å². The number of carboxylic acid groups (broad SMARTS) is 3. The van der Waals surface area contributed by atoms with Crippen LogP contribution < -0.4 is 59.7 Å². The van der Waals surface area contributed by atoms with E-state index in [0.29, 0.717) is 82.3 Å². The molecule has 3 heterocycles. The van der Waals surface area contributed by atoms with Crippen LogP contribution in [0.15, 0.2) is 109 Å². The fraction of sp³-hybridized carbons (Fsp3) is 0.507. The van der Waals surface area contributed by atoms with E-state index < -0.39 is 90.1 Å². The molecule has 6 rings (SSSR count). The summed E-state index contributed by atoms with van der Waals surface area (Å²) in [6, 6.07) is 19.9.